The van der Waals surface area contributed by atoms with Crippen molar-refractivity contribution in [2.75, 3.05) is 13.6 Å². The normalized spacial score (nSPS) is 9.74. The molecular formula is C8H10F14N2O2S. The van der Waals surface area contributed by atoms with Crippen LogP contribution in [-0.2, 0) is 13.0 Å². The van der Waals surface area contributed by atoms with Gasteiger partial charge in [0.05, 0.1) is 5.69 Å². The van der Waals surface area contributed by atoms with E-state index in [9.17, 15) is 4.79 Å². The number of thiazole rings is 1. The molecule has 0 aromatic carbocycles. The molecule has 0 bridgehead atoms. The van der Waals surface area contributed by atoms with E-state index in [1.54, 1.807) is 0 Å². The summed E-state index contributed by atoms with van der Waals surface area (Å²) in [6, 6.07) is 0. The Morgan fingerprint density at radius 2 is 1.26 bits per heavy atom. The Morgan fingerprint density at radius 3 is 1.59 bits per heavy atom. The van der Waals surface area contributed by atoms with Crippen molar-refractivity contribution in [3.8, 4) is 0 Å². The number of fused-ring (bicyclic) bond motifs is 1. The Bertz CT molecular complexity index is 375. The molecular weight excluding hydrogens is 454 g/mol. The number of carboxylic acids is 1. The first-order valence-corrected chi connectivity index (χ1v) is 5.89. The molecule has 1 N–H and O–H groups in total. The number of hydrogen-bond donors (Lipinski definition) is 1. The molecule has 4 nitrogen and oxygen atoms in total. The summed E-state index contributed by atoms with van der Waals surface area (Å²) in [7, 11) is 2.03. The maximum Gasteiger partial charge on any atom is 0.365 e. The van der Waals surface area contributed by atoms with E-state index in [1.165, 1.54) is 11.3 Å². The first-order valence-electron chi connectivity index (χ1n) is 5.07. The minimum absolute atomic E-state index is 0.223. The molecule has 168 valence electrons. The van der Waals surface area contributed by atoms with E-state index in [-0.39, 0.29) is 5.01 Å². The van der Waals surface area contributed by atoms with Gasteiger partial charge in [0.2, 0.25) is 5.01 Å². The second-order valence-corrected chi connectivity index (χ2v) is 4.27. The third kappa shape index (κ3) is 22.0. The van der Waals surface area contributed by atoms with Gasteiger partial charge in [-0.3, -0.25) is 0 Å². The number of rotatable bonds is 1. The number of carbonyl (C=O) groups is 1. The van der Waals surface area contributed by atoms with E-state index in [0.717, 1.165) is 30.1 Å². The van der Waals surface area contributed by atoms with Crippen LogP contribution in [0.2, 0.25) is 0 Å². The molecule has 1 aliphatic heterocycles. The second-order valence-electron chi connectivity index (χ2n) is 3.18. The summed E-state index contributed by atoms with van der Waals surface area (Å²) in [6.07, 6.45) is 0.871. The molecule has 0 amide bonds. The van der Waals surface area contributed by atoms with Gasteiger partial charge in [0.25, 0.3) is 0 Å². The van der Waals surface area contributed by atoms with Crippen LogP contribution in [-0.4, -0.2) is 34.6 Å². The zero-order chi connectivity index (χ0) is 23.4. The number of carboxylic acid groups (broad SMARTS) is 1. The van der Waals surface area contributed by atoms with Crippen molar-refractivity contribution < 1.29 is 73.9 Å². The summed E-state index contributed by atoms with van der Waals surface area (Å²) < 4.78 is 112. The Balaban J connectivity index is -0.0000000672. The third-order valence-electron chi connectivity index (χ3n) is 2.11. The van der Waals surface area contributed by atoms with Crippen molar-refractivity contribution in [2.45, 2.75) is 13.0 Å². The molecule has 2 heterocycles. The Kier molecular flexibility index (Phi) is 58.1. The molecule has 1 aliphatic rings. The predicted molar refractivity (Wildman–Crippen MR) is 64.6 cm³/mol. The summed E-state index contributed by atoms with van der Waals surface area (Å²) in [5.41, 5.74) is 0.973. The SMILES string of the molecule is CN1CCc2nc(C(=O)O)sc2C1.FF.FF.FF.FF.FF.FF.FF. The molecule has 0 saturated heterocycles. The molecule has 27 heavy (non-hydrogen) atoms. The van der Waals surface area contributed by atoms with Crippen molar-refractivity contribution in [3.63, 3.8) is 0 Å². The summed E-state index contributed by atoms with van der Waals surface area (Å²) in [6.45, 7) is 1.80. The highest BCUT2D eigenvalue weighted by Gasteiger charge is 2.20. The number of nitrogens with zero attached hydrogens (tertiary/aromatic N) is 2. The summed E-state index contributed by atoms with van der Waals surface area (Å²) >= 11 is 1.29. The van der Waals surface area contributed by atoms with Crippen LogP contribution in [0, 0.1) is 0 Å². The minimum atomic E-state index is -0.915. The number of likely N-dealkylation sites (N-methyl/N-ethyl adjacent to an activating group) is 1. The lowest BCUT2D eigenvalue weighted by molar-refractivity contribution is 0.0696. The quantitative estimate of drug-likeness (QED) is 0.470. The Hall–Kier alpha value is -1.92. The summed E-state index contributed by atoms with van der Waals surface area (Å²) in [4.78, 5) is 18.0. The van der Waals surface area contributed by atoms with Crippen molar-refractivity contribution in [2.24, 2.45) is 0 Å². The average Bonchev–Trinajstić information content (AvgIpc) is 3.22. The highest BCUT2D eigenvalue weighted by atomic mass is 32.1. The van der Waals surface area contributed by atoms with Crippen LogP contribution in [0.4, 0.5) is 64.0 Å². The van der Waals surface area contributed by atoms with Gasteiger partial charge in [-0.05, 0) is 7.05 Å². The van der Waals surface area contributed by atoms with Gasteiger partial charge in [-0.15, -0.1) is 11.3 Å². The number of hydrogen-bond acceptors (Lipinski definition) is 4. The van der Waals surface area contributed by atoms with E-state index in [0.29, 0.717) is 0 Å². The molecule has 0 fully saturated rings. The van der Waals surface area contributed by atoms with Crippen molar-refractivity contribution >= 4 is 17.3 Å². The summed E-state index contributed by atoms with van der Waals surface area (Å²) in [5.74, 6) is -0.915. The van der Waals surface area contributed by atoms with Gasteiger partial charge in [0.1, 0.15) is 0 Å². The lowest BCUT2D eigenvalue weighted by Crippen LogP contribution is -2.25. The topological polar surface area (TPSA) is 53.4 Å². The van der Waals surface area contributed by atoms with Crippen molar-refractivity contribution in [1.82, 2.24) is 9.88 Å². The van der Waals surface area contributed by atoms with Crippen LogP contribution in [0.1, 0.15) is 20.4 Å². The van der Waals surface area contributed by atoms with Crippen molar-refractivity contribution in [3.05, 3.63) is 15.6 Å². The maximum absolute atomic E-state index is 10.6. The first-order chi connectivity index (χ1) is 13.2. The summed E-state index contributed by atoms with van der Waals surface area (Å²) in [5, 5.41) is 8.96. The number of aromatic nitrogens is 1. The monoisotopic (exact) mass is 464 g/mol. The van der Waals surface area contributed by atoms with Crippen molar-refractivity contribution in [1.29, 1.82) is 0 Å². The lowest BCUT2D eigenvalue weighted by atomic mass is 10.2. The highest BCUT2D eigenvalue weighted by Crippen LogP contribution is 2.24. The van der Waals surface area contributed by atoms with E-state index >= 15 is 0 Å². The van der Waals surface area contributed by atoms with Gasteiger partial charge in [-0.1, -0.05) is 0 Å². The molecule has 0 spiro atoms. The minimum Gasteiger partial charge on any atom is -0.476 e. The maximum atomic E-state index is 10.6. The fourth-order valence-electron chi connectivity index (χ4n) is 1.41. The molecule has 1 aromatic heterocycles. The van der Waals surface area contributed by atoms with Crippen LogP contribution < -0.4 is 0 Å². The molecule has 19 heteroatoms. The van der Waals surface area contributed by atoms with Crippen LogP contribution >= 0.6 is 11.3 Å². The van der Waals surface area contributed by atoms with Crippen LogP contribution in [0.5, 0.6) is 0 Å². The smallest absolute Gasteiger partial charge is 0.365 e. The van der Waals surface area contributed by atoms with Gasteiger partial charge >= 0.3 is 5.97 Å². The van der Waals surface area contributed by atoms with Gasteiger partial charge in [-0.25, -0.2) is 9.78 Å². The van der Waals surface area contributed by atoms with E-state index in [1.807, 2.05) is 7.05 Å². The largest absolute Gasteiger partial charge is 0.476 e. The van der Waals surface area contributed by atoms with Crippen LogP contribution in [0.25, 0.3) is 0 Å². The fraction of sp³-hybridized carbons (Fsp3) is 0.500. The zero-order valence-corrected chi connectivity index (χ0v) is 13.4. The molecule has 0 unspecified atom stereocenters. The standard InChI is InChI=1S/C8H10N2O2S.7F2/c1-10-3-2-5-6(4-10)13-7(9-5)8(11)12;7*1-2/h2-4H2,1H3,(H,11,12);;;;;;;. The second kappa shape index (κ2) is 39.2. The van der Waals surface area contributed by atoms with Gasteiger partial charge in [0, 0.05) is 88.4 Å². The lowest BCUT2D eigenvalue weighted by Gasteiger charge is -2.20. The molecule has 2 rings (SSSR count). The zero-order valence-electron chi connectivity index (χ0n) is 12.6. The molecule has 1 aromatic rings. The van der Waals surface area contributed by atoms with Gasteiger partial charge in [0.15, 0.2) is 0 Å². The highest BCUT2D eigenvalue weighted by molar-refractivity contribution is 7.13. The van der Waals surface area contributed by atoms with E-state index in [2.05, 4.69) is 9.88 Å². The molecule has 0 saturated carbocycles. The third-order valence-corrected chi connectivity index (χ3v) is 3.18. The fourth-order valence-corrected chi connectivity index (χ4v) is 2.44. The molecule has 0 radical (unpaired) electrons. The number of aromatic carboxylic acids is 1. The molecule has 0 aliphatic carbocycles. The average molecular weight is 464 g/mol. The number of halogens is 14. The first kappa shape index (κ1) is 39.9. The van der Waals surface area contributed by atoms with E-state index < -0.39 is 5.97 Å². The molecule has 0 atom stereocenters. The van der Waals surface area contributed by atoms with Crippen LogP contribution in [0.3, 0.4) is 0 Å². The van der Waals surface area contributed by atoms with E-state index in [4.69, 9.17) is 69.1 Å². The van der Waals surface area contributed by atoms with Gasteiger partial charge < -0.3 is 10.0 Å². The predicted octanol–water partition coefficient (Wildman–Crippen LogP) is 6.71. The van der Waals surface area contributed by atoms with Crippen LogP contribution in [0.15, 0.2) is 0 Å². The van der Waals surface area contributed by atoms with Gasteiger partial charge in [-0.2, -0.15) is 0 Å². The Labute approximate surface area is 144 Å². The Morgan fingerprint density at radius 1 is 0.889 bits per heavy atom.